The monoisotopic (exact) mass is 480 g/mol. The zero-order valence-electron chi connectivity index (χ0n) is 17.5. The molecule has 0 bridgehead atoms. The van der Waals surface area contributed by atoms with Crippen LogP contribution in [-0.4, -0.2) is 14.3 Å². The molecule has 6 nitrogen and oxygen atoms in total. The van der Waals surface area contributed by atoms with Crippen LogP contribution >= 0.6 is 11.6 Å². The van der Waals surface area contributed by atoms with Crippen LogP contribution in [-0.2, 0) is 23.1 Å². The Morgan fingerprint density at radius 3 is 2.39 bits per heavy atom. The van der Waals surface area contributed by atoms with Gasteiger partial charge in [-0.05, 0) is 48.0 Å². The molecule has 0 saturated carbocycles. The van der Waals surface area contributed by atoms with Gasteiger partial charge in [0.15, 0.2) is 0 Å². The van der Waals surface area contributed by atoms with Gasteiger partial charge in [-0.3, -0.25) is 9.10 Å². The van der Waals surface area contributed by atoms with Crippen molar-refractivity contribution in [2.75, 3.05) is 4.31 Å². The average molecular weight is 481 g/mol. The molecule has 8 heteroatoms. The number of rotatable bonds is 8. The number of para-hydroxylation sites is 1. The summed E-state index contributed by atoms with van der Waals surface area (Å²) in [5.41, 5.74) is 1.38. The fourth-order valence-electron chi connectivity index (χ4n) is 3.31. The molecule has 0 atom stereocenters. The quantitative estimate of drug-likeness (QED) is 0.373. The number of carbonyl (C=O) groups is 1. The van der Waals surface area contributed by atoms with Crippen molar-refractivity contribution in [3.8, 4) is 0 Å². The molecule has 0 saturated heterocycles. The molecule has 0 radical (unpaired) electrons. The standard InChI is InChI=1S/C25H21ClN2O4S/c26-23-13-4-5-14-24(23)28(18-19-8-2-1-3-9-19)33(30,31)22-12-6-10-20(16-22)25(29)27-17-21-11-7-15-32-21/h1-16H,17-18H2,(H,27,29). The van der Waals surface area contributed by atoms with Gasteiger partial charge in [-0.1, -0.05) is 60.1 Å². The maximum absolute atomic E-state index is 13.7. The summed E-state index contributed by atoms with van der Waals surface area (Å²) in [5.74, 6) is 0.190. The molecule has 0 unspecified atom stereocenters. The van der Waals surface area contributed by atoms with Crippen LogP contribution in [0.2, 0.25) is 5.02 Å². The van der Waals surface area contributed by atoms with Gasteiger partial charge < -0.3 is 9.73 Å². The molecule has 1 heterocycles. The molecule has 4 rings (SSSR count). The number of sulfonamides is 1. The second kappa shape index (κ2) is 9.94. The Balaban J connectivity index is 1.67. The van der Waals surface area contributed by atoms with E-state index in [0.717, 1.165) is 5.56 Å². The number of nitrogens with zero attached hydrogens (tertiary/aromatic N) is 1. The maximum atomic E-state index is 13.7. The van der Waals surface area contributed by atoms with Crippen LogP contribution in [0, 0.1) is 0 Å². The summed E-state index contributed by atoms with van der Waals surface area (Å²) in [4.78, 5) is 12.6. The second-order valence-electron chi connectivity index (χ2n) is 7.24. The minimum Gasteiger partial charge on any atom is -0.467 e. The summed E-state index contributed by atoms with van der Waals surface area (Å²) >= 11 is 6.37. The third-order valence-electron chi connectivity index (χ3n) is 4.98. The summed E-state index contributed by atoms with van der Waals surface area (Å²) < 4.78 is 33.9. The molecule has 1 amide bonds. The minimum absolute atomic E-state index is 0.0102. The molecule has 168 valence electrons. The lowest BCUT2D eigenvalue weighted by molar-refractivity contribution is 0.0948. The van der Waals surface area contributed by atoms with E-state index >= 15 is 0 Å². The molecule has 4 aromatic rings. The van der Waals surface area contributed by atoms with E-state index < -0.39 is 15.9 Å². The third-order valence-corrected chi connectivity index (χ3v) is 7.05. The summed E-state index contributed by atoms with van der Waals surface area (Å²) in [7, 11) is -4.04. The molecule has 1 aromatic heterocycles. The Bertz CT molecular complexity index is 1340. The number of hydrogen-bond acceptors (Lipinski definition) is 4. The zero-order valence-corrected chi connectivity index (χ0v) is 19.1. The number of anilines is 1. The highest BCUT2D eigenvalue weighted by Crippen LogP contribution is 2.32. The molecule has 0 spiro atoms. The van der Waals surface area contributed by atoms with Crippen molar-refractivity contribution in [2.24, 2.45) is 0 Å². The maximum Gasteiger partial charge on any atom is 0.264 e. The predicted molar refractivity (Wildman–Crippen MR) is 128 cm³/mol. The number of furan rings is 1. The second-order valence-corrected chi connectivity index (χ2v) is 9.51. The van der Waals surface area contributed by atoms with Gasteiger partial charge in [-0.2, -0.15) is 0 Å². The van der Waals surface area contributed by atoms with E-state index in [1.54, 1.807) is 48.5 Å². The van der Waals surface area contributed by atoms with Gasteiger partial charge in [-0.25, -0.2) is 8.42 Å². The topological polar surface area (TPSA) is 79.6 Å². The fourth-order valence-corrected chi connectivity index (χ4v) is 5.12. The number of carbonyl (C=O) groups excluding carboxylic acids is 1. The Kier molecular flexibility index (Phi) is 6.82. The molecular formula is C25H21ClN2O4S. The first-order chi connectivity index (χ1) is 15.9. The molecule has 0 fully saturated rings. The Labute approximate surface area is 197 Å². The van der Waals surface area contributed by atoms with Gasteiger partial charge in [0.2, 0.25) is 0 Å². The first-order valence-corrected chi connectivity index (χ1v) is 12.0. The van der Waals surface area contributed by atoms with Gasteiger partial charge in [-0.15, -0.1) is 0 Å². The van der Waals surface area contributed by atoms with Gasteiger partial charge in [0.05, 0.1) is 35.0 Å². The van der Waals surface area contributed by atoms with Crippen molar-refractivity contribution < 1.29 is 17.6 Å². The minimum atomic E-state index is -4.04. The van der Waals surface area contributed by atoms with Crippen LogP contribution in [0.15, 0.2) is 107 Å². The highest BCUT2D eigenvalue weighted by atomic mass is 35.5. The number of amides is 1. The van der Waals surface area contributed by atoms with E-state index in [0.29, 0.717) is 16.5 Å². The van der Waals surface area contributed by atoms with Gasteiger partial charge in [0.25, 0.3) is 15.9 Å². The van der Waals surface area contributed by atoms with Crippen molar-refractivity contribution in [3.63, 3.8) is 0 Å². The molecule has 33 heavy (non-hydrogen) atoms. The highest BCUT2D eigenvalue weighted by Gasteiger charge is 2.27. The van der Waals surface area contributed by atoms with Gasteiger partial charge in [0.1, 0.15) is 5.76 Å². The molecule has 0 aliphatic rings. The summed E-state index contributed by atoms with van der Waals surface area (Å²) in [6, 6.07) is 25.4. The Morgan fingerprint density at radius 2 is 1.67 bits per heavy atom. The zero-order chi connectivity index (χ0) is 23.3. The largest absolute Gasteiger partial charge is 0.467 e. The van der Waals surface area contributed by atoms with Crippen LogP contribution in [0.1, 0.15) is 21.7 Å². The number of halogens is 1. The van der Waals surface area contributed by atoms with Crippen molar-refractivity contribution in [1.29, 1.82) is 0 Å². The Morgan fingerprint density at radius 1 is 0.909 bits per heavy atom. The number of hydrogen-bond donors (Lipinski definition) is 1. The average Bonchev–Trinajstić information content (AvgIpc) is 3.36. The van der Waals surface area contributed by atoms with Crippen molar-refractivity contribution in [2.45, 2.75) is 18.0 Å². The lowest BCUT2D eigenvalue weighted by Crippen LogP contribution is -2.31. The highest BCUT2D eigenvalue weighted by molar-refractivity contribution is 7.92. The van der Waals surface area contributed by atoms with E-state index in [-0.39, 0.29) is 23.5 Å². The third kappa shape index (κ3) is 5.27. The smallest absolute Gasteiger partial charge is 0.264 e. The molecular weight excluding hydrogens is 460 g/mol. The van der Waals surface area contributed by atoms with E-state index in [1.165, 1.54) is 22.7 Å². The van der Waals surface area contributed by atoms with Crippen LogP contribution < -0.4 is 9.62 Å². The van der Waals surface area contributed by atoms with E-state index in [1.807, 2.05) is 30.3 Å². The normalized spacial score (nSPS) is 11.2. The fraction of sp³-hybridized carbons (Fsp3) is 0.0800. The number of nitrogens with one attached hydrogen (secondary N) is 1. The van der Waals surface area contributed by atoms with E-state index in [4.69, 9.17) is 16.0 Å². The summed E-state index contributed by atoms with van der Waals surface area (Å²) in [5, 5.41) is 3.04. The SMILES string of the molecule is O=C(NCc1ccco1)c1cccc(S(=O)(=O)N(Cc2ccccc2)c2ccccc2Cl)c1. The van der Waals surface area contributed by atoms with Crippen LogP contribution in [0.3, 0.4) is 0 Å². The Hall–Kier alpha value is -3.55. The summed E-state index contributed by atoms with van der Waals surface area (Å²) in [6.45, 7) is 0.282. The lowest BCUT2D eigenvalue weighted by atomic mass is 10.2. The van der Waals surface area contributed by atoms with E-state index in [2.05, 4.69) is 5.32 Å². The predicted octanol–water partition coefficient (Wildman–Crippen LogP) is 5.26. The van der Waals surface area contributed by atoms with Crippen molar-refractivity contribution >= 4 is 33.2 Å². The van der Waals surface area contributed by atoms with Crippen molar-refractivity contribution in [1.82, 2.24) is 5.32 Å². The molecule has 0 aliphatic carbocycles. The first-order valence-electron chi connectivity index (χ1n) is 10.2. The molecule has 1 N–H and O–H groups in total. The van der Waals surface area contributed by atoms with Crippen molar-refractivity contribution in [3.05, 3.63) is 119 Å². The van der Waals surface area contributed by atoms with Gasteiger partial charge >= 0.3 is 0 Å². The van der Waals surface area contributed by atoms with Crippen LogP contribution in [0.4, 0.5) is 5.69 Å². The lowest BCUT2D eigenvalue weighted by Gasteiger charge is -2.26. The first kappa shape index (κ1) is 22.6. The van der Waals surface area contributed by atoms with Crippen LogP contribution in [0.5, 0.6) is 0 Å². The van der Waals surface area contributed by atoms with Crippen LogP contribution in [0.25, 0.3) is 0 Å². The van der Waals surface area contributed by atoms with E-state index in [9.17, 15) is 13.2 Å². The molecule has 0 aliphatic heterocycles. The summed E-state index contributed by atoms with van der Waals surface area (Å²) in [6.07, 6.45) is 1.52. The number of benzene rings is 3. The molecule has 3 aromatic carbocycles. The van der Waals surface area contributed by atoms with Gasteiger partial charge in [0, 0.05) is 5.56 Å².